The van der Waals surface area contributed by atoms with Gasteiger partial charge in [-0.25, -0.2) is 0 Å². The first-order valence-electron chi connectivity index (χ1n) is 16.4. The Morgan fingerprint density at radius 3 is 1.66 bits per heavy atom. The molecule has 4 aliphatic heterocycles. The van der Waals surface area contributed by atoms with Crippen LogP contribution in [0.1, 0.15) is 0 Å². The predicted molar refractivity (Wildman–Crippen MR) is 170 cm³/mol. The van der Waals surface area contributed by atoms with Gasteiger partial charge >= 0.3 is 0 Å². The molecule has 292 valence electrons. The summed E-state index contributed by atoms with van der Waals surface area (Å²) in [6.45, 7) is -2.41. The second-order valence-corrected chi connectivity index (χ2v) is 12.8. The van der Waals surface area contributed by atoms with Crippen LogP contribution in [0, 0.1) is 0 Å². The summed E-state index contributed by atoms with van der Waals surface area (Å²) in [6, 6.07) is 8.76. The number of aromatic hydroxyl groups is 1. The van der Waals surface area contributed by atoms with Gasteiger partial charge in [-0.15, -0.1) is 0 Å². The molecular formula is C33H40O20. The van der Waals surface area contributed by atoms with Gasteiger partial charge in [-0.1, -0.05) is 0 Å². The van der Waals surface area contributed by atoms with Crippen molar-refractivity contribution in [1.29, 1.82) is 0 Å². The second-order valence-electron chi connectivity index (χ2n) is 12.8. The van der Waals surface area contributed by atoms with Crippen molar-refractivity contribution in [3.8, 4) is 39.9 Å². The number of hydrogen-bond donors (Lipinski definition) is 12. The van der Waals surface area contributed by atoms with E-state index in [4.69, 9.17) is 32.8 Å². The van der Waals surface area contributed by atoms with Gasteiger partial charge in [-0.05, 0) is 30.3 Å². The van der Waals surface area contributed by atoms with Gasteiger partial charge < -0.3 is 94.1 Å². The van der Waals surface area contributed by atoms with Gasteiger partial charge in [-0.3, -0.25) is 4.79 Å². The van der Waals surface area contributed by atoms with Crippen molar-refractivity contribution < 1.29 is 94.1 Å². The number of ether oxygens (including phenoxy) is 6. The number of hydrogen-bond acceptors (Lipinski definition) is 20. The smallest absolute Gasteiger partial charge is 0.229 e. The molecule has 5 aliphatic rings. The van der Waals surface area contributed by atoms with E-state index in [9.17, 15) is 66.1 Å². The van der Waals surface area contributed by atoms with Crippen molar-refractivity contribution in [1.82, 2.24) is 0 Å². The maximum atomic E-state index is 12.8. The van der Waals surface area contributed by atoms with Crippen LogP contribution in [-0.2, 0) is 18.9 Å². The van der Waals surface area contributed by atoms with Crippen LogP contribution in [0.15, 0.2) is 51.7 Å². The average Bonchev–Trinajstić information content (AvgIpc) is 3.14. The largest absolute Gasteiger partial charge is 0.508 e. The molecule has 4 heterocycles. The predicted octanol–water partition coefficient (Wildman–Crippen LogP) is -4.70. The zero-order valence-corrected chi connectivity index (χ0v) is 27.5. The average molecular weight is 757 g/mol. The summed E-state index contributed by atoms with van der Waals surface area (Å²) in [5, 5.41) is 123. The normalized spacial score (nSPS) is 37.8. The molecule has 1 aromatic carbocycles. The van der Waals surface area contributed by atoms with Gasteiger partial charge in [-0.2, -0.15) is 0 Å². The molecule has 6 rings (SSSR count). The fourth-order valence-corrected chi connectivity index (χ4v) is 6.21. The summed E-state index contributed by atoms with van der Waals surface area (Å²) >= 11 is 0. The second kappa shape index (κ2) is 16.0. The molecule has 0 spiro atoms. The third-order valence-corrected chi connectivity index (χ3v) is 9.22. The highest BCUT2D eigenvalue weighted by molar-refractivity contribution is 5.75. The molecule has 15 unspecified atom stereocenters. The van der Waals surface area contributed by atoms with Crippen molar-refractivity contribution in [2.75, 3.05) is 19.8 Å². The number of phenols is 1. The highest BCUT2D eigenvalue weighted by atomic mass is 16.8. The first-order chi connectivity index (χ1) is 25.3. The summed E-state index contributed by atoms with van der Waals surface area (Å²) in [4.78, 5) is 12.8. The molecule has 20 heteroatoms. The Labute approximate surface area is 298 Å². The number of rotatable bonds is 10. The third kappa shape index (κ3) is 7.71. The molecular weight excluding hydrogens is 716 g/mol. The standard InChI is InChI=1S/C33H40O20/c34-8-18-21(39)24(42)27(45)31(50-18)48-16-6-13(38)5-15-14(16)7-17(29(47-15)11-1-3-12(37)4-2-11)49-33-30(26(44)23(41)20(10-36)52-33)53-32-28(46)25(43)22(40)19(9-35)51-32/h1-7,18-28,30-37,39-46H,8-10H2. The molecule has 0 saturated carbocycles. The lowest BCUT2D eigenvalue weighted by Gasteiger charge is -2.45. The van der Waals surface area contributed by atoms with Crippen molar-refractivity contribution >= 4 is 0 Å². The molecule has 12 N–H and O–H groups in total. The first-order valence-corrected chi connectivity index (χ1v) is 16.4. The molecule has 0 radical (unpaired) electrons. The Hall–Kier alpha value is -3.55. The molecule has 3 saturated heterocycles. The van der Waals surface area contributed by atoms with Crippen molar-refractivity contribution in [2.45, 2.75) is 92.1 Å². The minimum atomic E-state index is -1.94. The maximum absolute atomic E-state index is 12.8. The summed E-state index contributed by atoms with van der Waals surface area (Å²) in [6.07, 6.45) is -26.1. The molecule has 0 bridgehead atoms. The monoisotopic (exact) mass is 756 g/mol. The van der Waals surface area contributed by atoms with E-state index in [1.165, 1.54) is 30.3 Å². The summed E-state index contributed by atoms with van der Waals surface area (Å²) in [5.41, 5.74) is -0.438. The number of fused-ring (bicyclic) bond motifs is 1. The lowest BCUT2D eigenvalue weighted by Crippen LogP contribution is -2.65. The van der Waals surface area contributed by atoms with Crippen LogP contribution >= 0.6 is 0 Å². The minimum absolute atomic E-state index is 0.0272. The zero-order valence-electron chi connectivity index (χ0n) is 27.5. The topological polar surface area (TPSA) is 328 Å². The van der Waals surface area contributed by atoms with Crippen LogP contribution in [-0.4, -0.2) is 173 Å². The van der Waals surface area contributed by atoms with Gasteiger partial charge in [0.25, 0.3) is 0 Å². The summed E-state index contributed by atoms with van der Waals surface area (Å²) in [5.74, 6) is -0.938. The van der Waals surface area contributed by atoms with Gasteiger partial charge in [0, 0.05) is 17.7 Å². The SMILES string of the molecule is O=c1cc2oc(-c3ccc(O)cc3)c(OC3OC(CO)C(O)C(O)C3OC3OC(CO)C(O)C(O)C3O)cc-2c(OC2OC(CO)C(O)C(O)C2O)c1. The van der Waals surface area contributed by atoms with Gasteiger partial charge in [0.1, 0.15) is 84.4 Å². The summed E-state index contributed by atoms with van der Waals surface area (Å²) < 4.78 is 40.4. The number of aliphatic hydroxyl groups excluding tert-OH is 11. The Morgan fingerprint density at radius 1 is 0.566 bits per heavy atom. The van der Waals surface area contributed by atoms with Crippen LogP contribution < -0.4 is 14.9 Å². The van der Waals surface area contributed by atoms with Gasteiger partial charge in [0.15, 0.2) is 29.3 Å². The summed E-state index contributed by atoms with van der Waals surface area (Å²) in [7, 11) is 0. The van der Waals surface area contributed by atoms with E-state index in [0.717, 1.165) is 12.1 Å². The van der Waals surface area contributed by atoms with Gasteiger partial charge in [0.2, 0.25) is 12.6 Å². The third-order valence-electron chi connectivity index (χ3n) is 9.22. The van der Waals surface area contributed by atoms with E-state index in [2.05, 4.69) is 0 Å². The lowest BCUT2D eigenvalue weighted by molar-refractivity contribution is -0.357. The highest BCUT2D eigenvalue weighted by Gasteiger charge is 2.52. The fourth-order valence-electron chi connectivity index (χ4n) is 6.21. The van der Waals surface area contributed by atoms with E-state index in [1.54, 1.807) is 0 Å². The Morgan fingerprint density at radius 2 is 1.08 bits per heavy atom. The van der Waals surface area contributed by atoms with Crippen LogP contribution in [0.5, 0.6) is 17.2 Å². The van der Waals surface area contributed by atoms with Crippen molar-refractivity contribution in [2.24, 2.45) is 0 Å². The Balaban J connectivity index is 1.42. The van der Waals surface area contributed by atoms with E-state index in [1.807, 2.05) is 0 Å². The van der Waals surface area contributed by atoms with E-state index in [-0.39, 0.29) is 39.9 Å². The zero-order chi connectivity index (χ0) is 38.3. The Kier molecular flexibility index (Phi) is 11.9. The molecule has 53 heavy (non-hydrogen) atoms. The number of benzene rings is 2. The number of phenolic OH excluding ortho intramolecular Hbond substituents is 1. The fraction of sp³-hybridized carbons (Fsp3) is 0.545. The molecule has 15 atom stereocenters. The first kappa shape index (κ1) is 39.2. The molecule has 1 aromatic rings. The molecule has 1 aliphatic carbocycles. The molecule has 3 fully saturated rings. The van der Waals surface area contributed by atoms with E-state index >= 15 is 0 Å². The van der Waals surface area contributed by atoms with Crippen molar-refractivity contribution in [3.63, 3.8) is 0 Å². The Bertz CT molecular complexity index is 1700. The molecule has 20 nitrogen and oxygen atoms in total. The minimum Gasteiger partial charge on any atom is -0.508 e. The highest BCUT2D eigenvalue weighted by Crippen LogP contribution is 2.43. The van der Waals surface area contributed by atoms with Crippen LogP contribution in [0.3, 0.4) is 0 Å². The molecule has 0 aromatic heterocycles. The van der Waals surface area contributed by atoms with E-state index < -0.39 is 117 Å². The van der Waals surface area contributed by atoms with E-state index in [0.29, 0.717) is 0 Å². The molecule has 0 amide bonds. The quantitative estimate of drug-likeness (QED) is 0.0924. The van der Waals surface area contributed by atoms with Crippen LogP contribution in [0.4, 0.5) is 0 Å². The van der Waals surface area contributed by atoms with Gasteiger partial charge in [0.05, 0.1) is 25.4 Å². The van der Waals surface area contributed by atoms with Crippen LogP contribution in [0.25, 0.3) is 22.6 Å². The lowest BCUT2D eigenvalue weighted by atomic mass is 9.97. The van der Waals surface area contributed by atoms with Crippen molar-refractivity contribution in [3.05, 3.63) is 52.7 Å². The van der Waals surface area contributed by atoms with Crippen LogP contribution in [0.2, 0.25) is 0 Å². The maximum Gasteiger partial charge on any atom is 0.229 e. The number of aliphatic hydroxyl groups is 11.